The van der Waals surface area contributed by atoms with E-state index < -0.39 is 10.2 Å². The maximum atomic E-state index is 13.0. The zero-order valence-corrected chi connectivity index (χ0v) is 16.5. The van der Waals surface area contributed by atoms with Gasteiger partial charge in [0.2, 0.25) is 0 Å². The van der Waals surface area contributed by atoms with E-state index in [1.165, 1.54) is 12.0 Å². The number of nitrogens with two attached hydrogens (primary N) is 2. The number of methoxy groups -OCH3 is 1. The molecule has 1 aliphatic carbocycles. The zero-order chi connectivity index (χ0) is 20.9. The monoisotopic (exact) mass is 405 g/mol. The zero-order valence-electron chi connectivity index (χ0n) is 15.7. The highest BCUT2D eigenvalue weighted by molar-refractivity contribution is 7.86. The number of hydrogen-bond donors (Lipinski definition) is 2. The van der Waals surface area contributed by atoms with Crippen LogP contribution < -0.4 is 15.0 Å². The summed E-state index contributed by atoms with van der Waals surface area (Å²) in [5.41, 5.74) is 1.92. The third-order valence-electron chi connectivity index (χ3n) is 3.96. The minimum Gasteiger partial charge on any atom is -0.496 e. The highest BCUT2D eigenvalue weighted by atomic mass is 32.2. The van der Waals surface area contributed by atoms with Crippen molar-refractivity contribution in [3.8, 4) is 5.75 Å². The van der Waals surface area contributed by atoms with E-state index in [4.69, 9.17) is 4.74 Å². The number of carbonyl (C=O) groups is 2. The number of amides is 2. The summed E-state index contributed by atoms with van der Waals surface area (Å²) < 4.78 is 23.7. The van der Waals surface area contributed by atoms with Crippen molar-refractivity contribution < 1.29 is 22.7 Å². The van der Waals surface area contributed by atoms with Crippen LogP contribution in [-0.4, -0.2) is 38.3 Å². The lowest BCUT2D eigenvalue weighted by atomic mass is 10.1. The van der Waals surface area contributed by atoms with Gasteiger partial charge < -0.3 is 4.74 Å². The maximum Gasteiger partial charge on any atom is 0.271 e. The summed E-state index contributed by atoms with van der Waals surface area (Å²) in [5.74, 6) is -0.0457. The van der Waals surface area contributed by atoms with E-state index in [1.54, 1.807) is 36.4 Å². The van der Waals surface area contributed by atoms with E-state index in [1.807, 2.05) is 19.1 Å². The molecule has 8 nitrogen and oxygen atoms in total. The first kappa shape index (κ1) is 21.5. The highest BCUT2D eigenvalue weighted by Crippen LogP contribution is 2.32. The van der Waals surface area contributed by atoms with Crippen molar-refractivity contribution in [2.45, 2.75) is 25.8 Å². The van der Waals surface area contributed by atoms with Crippen molar-refractivity contribution in [3.05, 3.63) is 65.2 Å². The largest absolute Gasteiger partial charge is 0.496 e. The summed E-state index contributed by atoms with van der Waals surface area (Å²) in [7, 11) is -2.14. The fourth-order valence-corrected chi connectivity index (χ4v) is 2.60. The van der Waals surface area contributed by atoms with Crippen molar-refractivity contribution in [3.63, 3.8) is 0 Å². The molecule has 0 heterocycles. The number of imide groups is 1. The highest BCUT2D eigenvalue weighted by Gasteiger charge is 2.38. The van der Waals surface area contributed by atoms with Crippen LogP contribution in [0, 0.1) is 6.92 Å². The molecule has 1 saturated carbocycles. The molecule has 28 heavy (non-hydrogen) atoms. The van der Waals surface area contributed by atoms with E-state index in [9.17, 15) is 18.0 Å². The van der Waals surface area contributed by atoms with Gasteiger partial charge in [0.1, 0.15) is 5.75 Å². The van der Waals surface area contributed by atoms with Crippen LogP contribution in [0.4, 0.5) is 0 Å². The number of aryl methyl sites for hydroxylation is 1. The Morgan fingerprint density at radius 2 is 1.61 bits per heavy atom. The first-order valence-electron chi connectivity index (χ1n) is 8.50. The summed E-state index contributed by atoms with van der Waals surface area (Å²) in [6, 6.07) is 14.3. The van der Waals surface area contributed by atoms with E-state index >= 15 is 0 Å². The van der Waals surface area contributed by atoms with Gasteiger partial charge in [-0.25, -0.2) is 10.3 Å². The summed E-state index contributed by atoms with van der Waals surface area (Å²) in [6.07, 6.45) is 1.72. The Hall–Kier alpha value is -2.75. The molecule has 4 N–H and O–H groups in total. The van der Waals surface area contributed by atoms with Crippen LogP contribution in [-0.2, 0) is 10.2 Å². The second kappa shape index (κ2) is 8.96. The topological polar surface area (TPSA) is 133 Å². The molecule has 1 fully saturated rings. The van der Waals surface area contributed by atoms with Crippen molar-refractivity contribution in [1.82, 2.24) is 4.90 Å². The molecule has 0 bridgehead atoms. The average Bonchev–Trinajstić information content (AvgIpc) is 3.46. The maximum absolute atomic E-state index is 13.0. The average molecular weight is 405 g/mol. The predicted molar refractivity (Wildman–Crippen MR) is 105 cm³/mol. The van der Waals surface area contributed by atoms with Crippen LogP contribution in [0.1, 0.15) is 39.1 Å². The molecule has 150 valence electrons. The van der Waals surface area contributed by atoms with Crippen molar-refractivity contribution in [2.75, 3.05) is 7.11 Å². The normalized spacial score (nSPS) is 13.1. The molecule has 2 aromatic rings. The molecule has 0 radical (unpaired) electrons. The Labute approximate surface area is 164 Å². The second-order valence-corrected chi connectivity index (χ2v) is 7.55. The number of nitrogens with zero attached hydrogens (tertiary/aromatic N) is 1. The molecule has 0 atom stereocenters. The number of rotatable bonds is 4. The van der Waals surface area contributed by atoms with Gasteiger partial charge in [-0.05, 0) is 44.0 Å². The summed E-state index contributed by atoms with van der Waals surface area (Å²) in [4.78, 5) is 27.2. The minimum absolute atomic E-state index is 0.0135. The van der Waals surface area contributed by atoms with Crippen LogP contribution >= 0.6 is 0 Å². The Morgan fingerprint density at radius 3 is 2.11 bits per heavy atom. The Balaban J connectivity index is 0.000000500. The SMILES string of the molecule is COc1ccc(C)cc1C(=O)N(C(=O)c1ccccc1)C1CC1.NS(N)(=O)=O. The lowest BCUT2D eigenvalue weighted by molar-refractivity contribution is 0.0602. The summed E-state index contributed by atoms with van der Waals surface area (Å²) >= 11 is 0. The number of benzene rings is 2. The Bertz CT molecular complexity index is 949. The smallest absolute Gasteiger partial charge is 0.271 e. The van der Waals surface area contributed by atoms with Gasteiger partial charge in [-0.1, -0.05) is 29.8 Å². The molecular weight excluding hydrogens is 382 g/mol. The quantitative estimate of drug-likeness (QED) is 0.746. The van der Waals surface area contributed by atoms with E-state index in [0.717, 1.165) is 18.4 Å². The van der Waals surface area contributed by atoms with Crippen molar-refractivity contribution >= 4 is 22.0 Å². The molecule has 3 rings (SSSR count). The van der Waals surface area contributed by atoms with E-state index in [-0.39, 0.29) is 17.9 Å². The van der Waals surface area contributed by atoms with Crippen LogP contribution in [0.15, 0.2) is 48.5 Å². The molecule has 0 unspecified atom stereocenters. The lowest BCUT2D eigenvalue weighted by Crippen LogP contribution is -2.39. The molecule has 0 aliphatic heterocycles. The molecular formula is C19H23N3O5S. The summed E-state index contributed by atoms with van der Waals surface area (Å²) in [6.45, 7) is 1.91. The van der Waals surface area contributed by atoms with Crippen molar-refractivity contribution in [2.24, 2.45) is 10.3 Å². The third-order valence-corrected chi connectivity index (χ3v) is 3.96. The molecule has 2 aromatic carbocycles. The molecule has 9 heteroatoms. The number of hydrogen-bond acceptors (Lipinski definition) is 5. The van der Waals surface area contributed by atoms with Crippen LogP contribution in [0.5, 0.6) is 5.75 Å². The van der Waals surface area contributed by atoms with Gasteiger partial charge in [0.05, 0.1) is 12.7 Å². The van der Waals surface area contributed by atoms with Gasteiger partial charge in [0.15, 0.2) is 0 Å². The first-order chi connectivity index (χ1) is 13.1. The van der Waals surface area contributed by atoms with E-state index in [2.05, 4.69) is 10.3 Å². The summed E-state index contributed by atoms with van der Waals surface area (Å²) in [5, 5.41) is 8.21. The predicted octanol–water partition coefficient (Wildman–Crippen LogP) is 1.60. The van der Waals surface area contributed by atoms with Crippen LogP contribution in [0.25, 0.3) is 0 Å². The molecule has 1 aliphatic rings. The number of ether oxygens (including phenoxy) is 1. The van der Waals surface area contributed by atoms with Gasteiger partial charge in [-0.15, -0.1) is 0 Å². The van der Waals surface area contributed by atoms with Gasteiger partial charge in [-0.3, -0.25) is 14.5 Å². The van der Waals surface area contributed by atoms with E-state index in [0.29, 0.717) is 16.9 Å². The Morgan fingerprint density at radius 1 is 1.04 bits per heavy atom. The van der Waals surface area contributed by atoms with Crippen molar-refractivity contribution in [1.29, 1.82) is 0 Å². The molecule has 0 aromatic heterocycles. The standard InChI is InChI=1S/C19H19NO3.H4N2O2S/c1-13-8-11-17(23-2)16(12-13)19(22)20(15-9-10-15)18(21)14-6-4-3-5-7-14;1-5(2,3)4/h3-8,11-12,15H,9-10H2,1-2H3;(H4,1,2,3,4). The molecule has 0 saturated heterocycles. The third kappa shape index (κ3) is 6.15. The minimum atomic E-state index is -3.67. The number of carbonyl (C=O) groups excluding carboxylic acids is 2. The molecule has 2 amide bonds. The van der Waals surface area contributed by atoms with Gasteiger partial charge in [0, 0.05) is 11.6 Å². The Kier molecular flexibility index (Phi) is 6.90. The van der Waals surface area contributed by atoms with Gasteiger partial charge >= 0.3 is 0 Å². The molecule has 0 spiro atoms. The van der Waals surface area contributed by atoms with Gasteiger partial charge in [-0.2, -0.15) is 8.42 Å². The first-order valence-corrected chi connectivity index (χ1v) is 10.1. The van der Waals surface area contributed by atoms with Crippen LogP contribution in [0.3, 0.4) is 0 Å². The second-order valence-electron chi connectivity index (χ2n) is 6.37. The fourth-order valence-electron chi connectivity index (χ4n) is 2.60. The lowest BCUT2D eigenvalue weighted by Gasteiger charge is -2.22. The fraction of sp³-hybridized carbons (Fsp3) is 0.263. The van der Waals surface area contributed by atoms with Crippen LogP contribution in [0.2, 0.25) is 0 Å². The van der Waals surface area contributed by atoms with Gasteiger partial charge in [0.25, 0.3) is 22.0 Å².